The van der Waals surface area contributed by atoms with Crippen LogP contribution in [0.2, 0.25) is 0 Å². The first-order valence-electron chi connectivity index (χ1n) is 15.1. The van der Waals surface area contributed by atoms with Crippen LogP contribution in [0.1, 0.15) is 22.3 Å². The van der Waals surface area contributed by atoms with Gasteiger partial charge in [-0.3, -0.25) is 14.6 Å². The molecule has 2 saturated heterocycles. The number of thioether (sulfide) groups is 1. The summed E-state index contributed by atoms with van der Waals surface area (Å²) in [4.78, 5) is 29.1. The lowest BCUT2D eigenvalue weighted by Gasteiger charge is -2.26. The van der Waals surface area contributed by atoms with Crippen molar-refractivity contribution in [3.05, 3.63) is 70.6 Å². The largest absolute Gasteiger partial charge is 0.493 e. The van der Waals surface area contributed by atoms with Crippen LogP contribution in [0, 0.1) is 0 Å². The standard InChI is InChI=1S/C33H33N5O7S2/c1-42-29-20-23(32(40)41)5-8-28(29)44-13-2-9-38-31(39)30(47-33(38)46)18-21-3-7-27(45-16-12-37-10-14-43-15-11-37)24(17-21)22-4-6-25-26(19-22)35-36-34-25/h3-8,17-20H,2,9-16H2,1H3,(H,40,41)(H,34,35,36)/b30-18-. The van der Waals surface area contributed by atoms with Crippen molar-refractivity contribution in [3.8, 4) is 28.4 Å². The number of carbonyl (C=O) groups excluding carboxylic acids is 1. The molecule has 0 aliphatic carbocycles. The number of amides is 1. The number of ether oxygens (including phenoxy) is 4. The first-order valence-corrected chi connectivity index (χ1v) is 16.3. The highest BCUT2D eigenvalue weighted by molar-refractivity contribution is 8.26. The number of carboxylic acid groups (broad SMARTS) is 1. The number of benzene rings is 3. The first kappa shape index (κ1) is 32.4. The topological polar surface area (TPSA) is 139 Å². The Hall–Kier alpha value is -4.50. The van der Waals surface area contributed by atoms with Crippen molar-refractivity contribution in [1.82, 2.24) is 25.2 Å². The highest BCUT2D eigenvalue weighted by Crippen LogP contribution is 2.36. The number of carboxylic acids is 1. The van der Waals surface area contributed by atoms with Crippen LogP contribution in [0.3, 0.4) is 0 Å². The second-order valence-electron chi connectivity index (χ2n) is 10.8. The van der Waals surface area contributed by atoms with Crippen molar-refractivity contribution in [3.63, 3.8) is 0 Å². The van der Waals surface area contributed by atoms with Gasteiger partial charge in [-0.25, -0.2) is 4.79 Å². The second kappa shape index (κ2) is 14.9. The highest BCUT2D eigenvalue weighted by atomic mass is 32.2. The van der Waals surface area contributed by atoms with Crippen LogP contribution in [-0.2, 0) is 9.53 Å². The molecule has 2 fully saturated rings. The Kier molecular flexibility index (Phi) is 10.3. The van der Waals surface area contributed by atoms with E-state index in [1.807, 2.05) is 42.5 Å². The fourth-order valence-electron chi connectivity index (χ4n) is 5.27. The third-order valence-corrected chi connectivity index (χ3v) is 9.14. The summed E-state index contributed by atoms with van der Waals surface area (Å²) >= 11 is 6.82. The fraction of sp³-hybridized carbons (Fsp3) is 0.303. The molecule has 3 aromatic carbocycles. The second-order valence-corrected chi connectivity index (χ2v) is 12.5. The van der Waals surface area contributed by atoms with E-state index in [1.165, 1.54) is 31.0 Å². The molecule has 3 heterocycles. The molecule has 244 valence electrons. The third kappa shape index (κ3) is 7.73. The zero-order valence-electron chi connectivity index (χ0n) is 25.6. The van der Waals surface area contributed by atoms with Crippen molar-refractivity contribution >= 4 is 57.3 Å². The highest BCUT2D eigenvalue weighted by Gasteiger charge is 2.31. The molecule has 0 unspecified atom stereocenters. The lowest BCUT2D eigenvalue weighted by atomic mass is 10.0. The zero-order chi connectivity index (χ0) is 32.8. The number of rotatable bonds is 13. The van der Waals surface area contributed by atoms with Crippen LogP contribution in [0.15, 0.2) is 59.5 Å². The van der Waals surface area contributed by atoms with E-state index in [0.717, 1.165) is 66.3 Å². The lowest BCUT2D eigenvalue weighted by molar-refractivity contribution is -0.122. The molecule has 4 aromatic rings. The summed E-state index contributed by atoms with van der Waals surface area (Å²) in [5.41, 5.74) is 4.25. The number of carbonyl (C=O) groups is 2. The van der Waals surface area contributed by atoms with Gasteiger partial charge in [0.1, 0.15) is 27.7 Å². The van der Waals surface area contributed by atoms with Gasteiger partial charge in [0.2, 0.25) is 0 Å². The van der Waals surface area contributed by atoms with Crippen LogP contribution in [0.4, 0.5) is 0 Å². The van der Waals surface area contributed by atoms with Crippen LogP contribution >= 0.6 is 24.0 Å². The smallest absolute Gasteiger partial charge is 0.335 e. The minimum Gasteiger partial charge on any atom is -0.493 e. The molecule has 0 atom stereocenters. The summed E-state index contributed by atoms with van der Waals surface area (Å²) < 4.78 is 23.3. The molecule has 2 N–H and O–H groups in total. The Morgan fingerprint density at radius 3 is 2.60 bits per heavy atom. The molecule has 0 spiro atoms. The zero-order valence-corrected chi connectivity index (χ0v) is 27.3. The third-order valence-electron chi connectivity index (χ3n) is 7.77. The maximum Gasteiger partial charge on any atom is 0.335 e. The molecule has 2 aliphatic rings. The van der Waals surface area contributed by atoms with Gasteiger partial charge in [0, 0.05) is 31.7 Å². The van der Waals surface area contributed by atoms with E-state index in [2.05, 4.69) is 20.3 Å². The molecule has 1 amide bonds. The number of thiocarbonyl (C=S) groups is 1. The Labute approximate surface area is 280 Å². The normalized spacial score (nSPS) is 16.3. The number of hydrogen-bond acceptors (Lipinski definition) is 11. The number of aromatic carboxylic acids is 1. The molecule has 47 heavy (non-hydrogen) atoms. The van der Waals surface area contributed by atoms with Gasteiger partial charge in [0.15, 0.2) is 11.5 Å². The average Bonchev–Trinajstić information content (AvgIpc) is 3.66. The fourth-order valence-corrected chi connectivity index (χ4v) is 6.58. The minimum atomic E-state index is -1.05. The van der Waals surface area contributed by atoms with Crippen molar-refractivity contribution in [2.24, 2.45) is 0 Å². The number of methoxy groups -OCH3 is 1. The summed E-state index contributed by atoms with van der Waals surface area (Å²) in [7, 11) is 1.45. The molecule has 6 rings (SSSR count). The number of fused-ring (bicyclic) bond motifs is 1. The van der Waals surface area contributed by atoms with Gasteiger partial charge >= 0.3 is 5.97 Å². The van der Waals surface area contributed by atoms with Gasteiger partial charge in [0.25, 0.3) is 5.91 Å². The number of H-pyrrole nitrogens is 1. The van der Waals surface area contributed by atoms with Crippen molar-refractivity contribution in [2.75, 3.05) is 59.7 Å². The Bertz CT molecular complexity index is 1820. The van der Waals surface area contributed by atoms with Crippen molar-refractivity contribution < 1.29 is 33.6 Å². The van der Waals surface area contributed by atoms with Crippen molar-refractivity contribution in [2.45, 2.75) is 6.42 Å². The molecule has 14 heteroatoms. The minimum absolute atomic E-state index is 0.104. The van der Waals surface area contributed by atoms with E-state index in [9.17, 15) is 14.7 Å². The first-order chi connectivity index (χ1) is 22.9. The number of nitrogens with zero attached hydrogens (tertiary/aromatic N) is 4. The summed E-state index contributed by atoms with van der Waals surface area (Å²) in [6.07, 6.45) is 2.36. The molecule has 0 radical (unpaired) electrons. The molecule has 1 aromatic heterocycles. The van der Waals surface area contributed by atoms with Crippen LogP contribution in [0.5, 0.6) is 17.2 Å². The predicted molar refractivity (Wildman–Crippen MR) is 182 cm³/mol. The number of hydrogen-bond donors (Lipinski definition) is 2. The lowest BCUT2D eigenvalue weighted by Crippen LogP contribution is -2.38. The van der Waals surface area contributed by atoms with Gasteiger partial charge in [-0.2, -0.15) is 15.4 Å². The van der Waals surface area contributed by atoms with Crippen LogP contribution < -0.4 is 14.2 Å². The number of nitrogens with one attached hydrogen (secondary N) is 1. The summed E-state index contributed by atoms with van der Waals surface area (Å²) in [6, 6.07) is 16.2. The number of aromatic amines is 1. The van der Waals surface area contributed by atoms with Gasteiger partial charge < -0.3 is 24.1 Å². The SMILES string of the molecule is COc1cc(C(=O)O)ccc1OCCCN1C(=O)/C(=C/c2ccc(OCCN3CCOCC3)c(-c3ccc4n[nH]nc4c3)c2)SC1=S. The Morgan fingerprint density at radius 2 is 1.79 bits per heavy atom. The average molecular weight is 676 g/mol. The van der Waals surface area contributed by atoms with Gasteiger partial charge in [-0.05, 0) is 66.1 Å². The number of aromatic nitrogens is 3. The summed E-state index contributed by atoms with van der Waals surface area (Å²) in [5.74, 6) is 0.271. The maximum absolute atomic E-state index is 13.4. The molecule has 0 bridgehead atoms. The molecule has 0 saturated carbocycles. The molecular formula is C33H33N5O7S2. The van der Waals surface area contributed by atoms with E-state index >= 15 is 0 Å². The monoisotopic (exact) mass is 675 g/mol. The van der Waals surface area contributed by atoms with Crippen LogP contribution in [-0.4, -0.2) is 106 Å². The van der Waals surface area contributed by atoms with E-state index in [1.54, 1.807) is 11.0 Å². The van der Waals surface area contributed by atoms with E-state index in [4.69, 9.17) is 31.2 Å². The van der Waals surface area contributed by atoms with Gasteiger partial charge in [0.05, 0.1) is 37.4 Å². The van der Waals surface area contributed by atoms with Gasteiger partial charge in [-0.1, -0.05) is 36.1 Å². The van der Waals surface area contributed by atoms with Crippen molar-refractivity contribution in [1.29, 1.82) is 0 Å². The Morgan fingerprint density at radius 1 is 1.00 bits per heavy atom. The molecule has 2 aliphatic heterocycles. The van der Waals surface area contributed by atoms with E-state index in [-0.39, 0.29) is 18.1 Å². The molecular weight excluding hydrogens is 643 g/mol. The Balaban J connectivity index is 1.13. The van der Waals surface area contributed by atoms with Gasteiger partial charge in [-0.15, -0.1) is 0 Å². The molecule has 12 nitrogen and oxygen atoms in total. The van der Waals surface area contributed by atoms with E-state index in [0.29, 0.717) is 40.3 Å². The number of morpholine rings is 1. The summed E-state index contributed by atoms with van der Waals surface area (Å²) in [5, 5.41) is 20.3. The quantitative estimate of drug-likeness (QED) is 0.115. The summed E-state index contributed by atoms with van der Waals surface area (Å²) in [6.45, 7) is 5.23. The predicted octanol–water partition coefficient (Wildman–Crippen LogP) is 4.71. The maximum atomic E-state index is 13.4. The van der Waals surface area contributed by atoms with Crippen LogP contribution in [0.25, 0.3) is 28.2 Å². The van der Waals surface area contributed by atoms with E-state index < -0.39 is 5.97 Å².